The fraction of sp³-hybridized carbons (Fsp3) is 0.441. The number of carbonyl (C=O) groups is 3. The average molecular weight is 629 g/mol. The molecule has 0 saturated carbocycles. The Labute approximate surface area is 267 Å². The summed E-state index contributed by atoms with van der Waals surface area (Å²) in [6.45, 7) is 10.7. The molecule has 3 aromatic rings. The van der Waals surface area contributed by atoms with Crippen molar-refractivity contribution < 1.29 is 29.0 Å². The van der Waals surface area contributed by atoms with E-state index in [1.807, 2.05) is 43.3 Å². The zero-order valence-corrected chi connectivity index (χ0v) is 26.0. The van der Waals surface area contributed by atoms with Gasteiger partial charge in [0, 0.05) is 31.9 Å². The molecule has 46 heavy (non-hydrogen) atoms. The van der Waals surface area contributed by atoms with Crippen LogP contribution in [0.4, 0.5) is 5.69 Å². The van der Waals surface area contributed by atoms with Gasteiger partial charge in [-0.15, -0.1) is 18.3 Å². The van der Waals surface area contributed by atoms with E-state index in [1.165, 1.54) is 4.90 Å². The number of nitrogens with zero attached hydrogens (tertiary/aromatic N) is 6. The predicted molar refractivity (Wildman–Crippen MR) is 171 cm³/mol. The molecular formula is C34H40N6O6. The van der Waals surface area contributed by atoms with Gasteiger partial charge in [-0.2, -0.15) is 0 Å². The third-order valence-electron chi connectivity index (χ3n) is 9.30. The Morgan fingerprint density at radius 2 is 1.89 bits per heavy atom. The molecule has 1 aromatic heterocycles. The first-order chi connectivity index (χ1) is 22.4. The molecule has 0 radical (unpaired) electrons. The van der Waals surface area contributed by atoms with E-state index in [9.17, 15) is 19.5 Å². The second-order valence-corrected chi connectivity index (χ2v) is 11.9. The van der Waals surface area contributed by atoms with Crippen molar-refractivity contribution >= 4 is 34.4 Å². The van der Waals surface area contributed by atoms with Crippen molar-refractivity contribution in [3.63, 3.8) is 0 Å². The third kappa shape index (κ3) is 5.25. The summed E-state index contributed by atoms with van der Waals surface area (Å²) < 4.78 is 13.9. The zero-order valence-electron chi connectivity index (χ0n) is 26.0. The second kappa shape index (κ2) is 13.1. The summed E-state index contributed by atoms with van der Waals surface area (Å²) in [7, 11) is 0. The van der Waals surface area contributed by atoms with Crippen LogP contribution in [-0.2, 0) is 25.8 Å². The Hall–Kier alpha value is -4.55. The lowest BCUT2D eigenvalue weighted by Gasteiger charge is -2.36. The van der Waals surface area contributed by atoms with E-state index in [1.54, 1.807) is 38.8 Å². The Bertz CT molecular complexity index is 1620. The van der Waals surface area contributed by atoms with Gasteiger partial charge < -0.3 is 29.3 Å². The second-order valence-electron chi connectivity index (χ2n) is 11.9. The maximum Gasteiger partial charge on any atom is 0.250 e. The molecule has 3 aliphatic heterocycles. The number of anilines is 1. The highest BCUT2D eigenvalue weighted by molar-refractivity contribution is 6.03. The van der Waals surface area contributed by atoms with E-state index in [4.69, 9.17) is 9.47 Å². The fourth-order valence-corrected chi connectivity index (χ4v) is 7.45. The molecule has 242 valence electrons. The number of benzene rings is 2. The molecule has 3 fully saturated rings. The van der Waals surface area contributed by atoms with E-state index >= 15 is 0 Å². The summed E-state index contributed by atoms with van der Waals surface area (Å²) in [5, 5.41) is 18.2. The Morgan fingerprint density at radius 3 is 2.61 bits per heavy atom. The van der Waals surface area contributed by atoms with E-state index in [-0.39, 0.29) is 57.1 Å². The number of fused-ring (bicyclic) bond motifs is 2. The van der Waals surface area contributed by atoms with Crippen LogP contribution < -0.4 is 9.64 Å². The number of hydrogen-bond acceptors (Lipinski definition) is 8. The third-order valence-corrected chi connectivity index (χ3v) is 9.30. The monoisotopic (exact) mass is 628 g/mol. The molecule has 1 N–H and O–H groups in total. The summed E-state index contributed by atoms with van der Waals surface area (Å²) in [4.78, 5) is 48.1. The van der Waals surface area contributed by atoms with Crippen LogP contribution in [0.25, 0.3) is 11.0 Å². The number of aromatic nitrogens is 3. The van der Waals surface area contributed by atoms with Gasteiger partial charge in [0.2, 0.25) is 17.7 Å². The molecule has 1 spiro atoms. The molecule has 3 saturated heterocycles. The molecule has 12 heteroatoms. The smallest absolute Gasteiger partial charge is 0.250 e. The lowest BCUT2D eigenvalue weighted by atomic mass is 9.70. The van der Waals surface area contributed by atoms with Crippen LogP contribution in [0.3, 0.4) is 0 Å². The molecule has 6 rings (SSSR count). The van der Waals surface area contributed by atoms with E-state index < -0.39 is 29.6 Å². The van der Waals surface area contributed by atoms with E-state index in [0.29, 0.717) is 36.4 Å². The lowest BCUT2D eigenvalue weighted by Crippen LogP contribution is -2.56. The van der Waals surface area contributed by atoms with Crippen molar-refractivity contribution in [1.82, 2.24) is 24.8 Å². The Balaban J connectivity index is 1.34. The number of likely N-dealkylation sites (tertiary alicyclic amines) is 1. The van der Waals surface area contributed by atoms with Crippen molar-refractivity contribution in [3.8, 4) is 5.75 Å². The summed E-state index contributed by atoms with van der Waals surface area (Å²) in [6, 6.07) is 13.7. The molecule has 2 aromatic carbocycles. The lowest BCUT2D eigenvalue weighted by molar-refractivity contribution is -0.149. The molecule has 2 unspecified atom stereocenters. The molecule has 3 aliphatic rings. The predicted octanol–water partition coefficient (Wildman–Crippen LogP) is 2.78. The van der Waals surface area contributed by atoms with Crippen LogP contribution in [0.5, 0.6) is 5.75 Å². The van der Waals surface area contributed by atoms with Gasteiger partial charge in [-0.05, 0) is 62.6 Å². The molecule has 12 nitrogen and oxygen atoms in total. The van der Waals surface area contributed by atoms with Crippen LogP contribution in [0, 0.1) is 11.8 Å². The Kier molecular flexibility index (Phi) is 8.92. The van der Waals surface area contributed by atoms with Crippen LogP contribution in [0.15, 0.2) is 73.8 Å². The van der Waals surface area contributed by atoms with Crippen LogP contribution in [-0.4, -0.2) is 98.2 Å². The van der Waals surface area contributed by atoms with Crippen molar-refractivity contribution in [3.05, 3.63) is 73.8 Å². The molecule has 2 bridgehead atoms. The summed E-state index contributed by atoms with van der Waals surface area (Å²) in [5.74, 6) is -1.82. The highest BCUT2D eigenvalue weighted by Gasteiger charge is 2.74. The van der Waals surface area contributed by atoms with E-state index in [2.05, 4.69) is 23.5 Å². The average Bonchev–Trinajstić information content (AvgIpc) is 3.82. The highest BCUT2D eigenvalue weighted by atomic mass is 16.5. The van der Waals surface area contributed by atoms with Gasteiger partial charge in [0.15, 0.2) is 0 Å². The first-order valence-electron chi connectivity index (χ1n) is 15.8. The van der Waals surface area contributed by atoms with Gasteiger partial charge in [0.05, 0.1) is 30.1 Å². The quantitative estimate of drug-likeness (QED) is 0.270. The molecule has 5 atom stereocenters. The minimum absolute atomic E-state index is 0.0846. The van der Waals surface area contributed by atoms with Crippen molar-refractivity contribution in [2.45, 2.75) is 50.6 Å². The topological polar surface area (TPSA) is 130 Å². The number of ether oxygens (including phenoxy) is 2. The maximum absolute atomic E-state index is 14.6. The molecular weight excluding hydrogens is 588 g/mol. The first kappa shape index (κ1) is 31.4. The van der Waals surface area contributed by atoms with Gasteiger partial charge >= 0.3 is 0 Å². The van der Waals surface area contributed by atoms with Gasteiger partial charge in [0.25, 0.3) is 0 Å². The largest absolute Gasteiger partial charge is 0.494 e. The highest BCUT2D eigenvalue weighted by Crippen LogP contribution is 2.59. The summed E-state index contributed by atoms with van der Waals surface area (Å²) >= 11 is 0. The minimum atomic E-state index is -1.18. The normalized spacial score (nSPS) is 24.7. The first-order valence-corrected chi connectivity index (χ1v) is 15.8. The number of hydrogen-bond donors (Lipinski definition) is 1. The number of amides is 3. The number of carbonyl (C=O) groups excluding carboxylic acids is 3. The number of aliphatic hydroxyl groups excluding tert-OH is 1. The van der Waals surface area contributed by atoms with Crippen LogP contribution in [0.1, 0.15) is 26.2 Å². The fourth-order valence-electron chi connectivity index (χ4n) is 7.45. The molecule has 4 heterocycles. The van der Waals surface area contributed by atoms with Crippen molar-refractivity contribution in [2.75, 3.05) is 37.7 Å². The minimum Gasteiger partial charge on any atom is -0.494 e. The van der Waals surface area contributed by atoms with E-state index in [0.717, 1.165) is 5.52 Å². The SMILES string of the molecule is C=CCN(Cn1nnc2ccccc21)C(=O)C1N(CCCO)C(=O)[C@@H]2[C@@H](C(=O)N(CC=C)c3ccc(OCC)cc3)[C@H]3CCC12O3. The van der Waals surface area contributed by atoms with Gasteiger partial charge in [-0.1, -0.05) is 29.5 Å². The maximum atomic E-state index is 14.6. The van der Waals surface area contributed by atoms with Gasteiger partial charge in [-0.3, -0.25) is 14.4 Å². The van der Waals surface area contributed by atoms with Crippen LogP contribution in [0.2, 0.25) is 0 Å². The molecule has 0 aliphatic carbocycles. The van der Waals surface area contributed by atoms with Gasteiger partial charge in [0.1, 0.15) is 29.6 Å². The van der Waals surface area contributed by atoms with Crippen molar-refractivity contribution in [2.24, 2.45) is 11.8 Å². The van der Waals surface area contributed by atoms with Crippen LogP contribution >= 0.6 is 0 Å². The van der Waals surface area contributed by atoms with Crippen molar-refractivity contribution in [1.29, 1.82) is 0 Å². The van der Waals surface area contributed by atoms with Gasteiger partial charge in [-0.25, -0.2) is 4.68 Å². The number of aliphatic hydroxyl groups is 1. The Morgan fingerprint density at radius 1 is 1.13 bits per heavy atom. The number of rotatable bonds is 14. The standard InChI is InChI=1S/C34H40N6O6/c1-4-18-37(22-40-26-11-8-7-10-25(26)35-36-40)33(44)30-34-17-16-27(46-34)28(29(34)32(43)39(30)20-9-21-41)31(42)38(19-5-2)23-12-14-24(15-13-23)45-6-3/h4-5,7-8,10-15,27-30,41H,1-2,6,9,16-22H2,3H3/t27-,28+,29+,30?,34?/m1/s1. The summed E-state index contributed by atoms with van der Waals surface area (Å²) in [5.41, 5.74) is 0.929. The summed E-state index contributed by atoms with van der Waals surface area (Å²) in [6.07, 6.45) is 4.05. The zero-order chi connectivity index (χ0) is 32.4. The molecule has 3 amide bonds. The number of para-hydroxylation sites is 1.